The van der Waals surface area contributed by atoms with E-state index in [1.54, 1.807) is 17.9 Å². The minimum atomic E-state index is -0.529. The molecular weight excluding hydrogens is 309 g/mol. The molecule has 1 atom stereocenters. The summed E-state index contributed by atoms with van der Waals surface area (Å²) in [5, 5.41) is 12.3. The standard InChI is InChI=1S/C18H24FN3O2/c1-12-15(19)8-13(10-20)9-16(12)21-14-6-5-7-22(11-14)17(23)24-18(2,3)4/h8-9,14,21H,5-7,11H2,1-4H3. The number of carbonyl (C=O) groups excluding carboxylic acids is 1. The zero-order valence-corrected chi connectivity index (χ0v) is 14.6. The molecule has 0 spiro atoms. The van der Waals surface area contributed by atoms with Gasteiger partial charge in [-0.3, -0.25) is 0 Å². The van der Waals surface area contributed by atoms with E-state index in [-0.39, 0.29) is 17.7 Å². The van der Waals surface area contributed by atoms with Gasteiger partial charge < -0.3 is 15.0 Å². The number of halogens is 1. The molecule has 1 aliphatic rings. The molecule has 130 valence electrons. The van der Waals surface area contributed by atoms with E-state index in [2.05, 4.69) is 5.32 Å². The van der Waals surface area contributed by atoms with E-state index >= 15 is 0 Å². The van der Waals surface area contributed by atoms with Gasteiger partial charge in [0.1, 0.15) is 11.4 Å². The number of likely N-dealkylation sites (tertiary alicyclic amines) is 1. The SMILES string of the molecule is Cc1c(F)cc(C#N)cc1NC1CCCN(C(=O)OC(C)(C)C)C1. The van der Waals surface area contributed by atoms with Gasteiger partial charge >= 0.3 is 6.09 Å². The van der Waals surface area contributed by atoms with E-state index in [1.165, 1.54) is 6.07 Å². The predicted octanol–water partition coefficient (Wildman–Crippen LogP) is 3.82. The Labute approximate surface area is 142 Å². The molecular formula is C18H24FN3O2. The average molecular weight is 333 g/mol. The normalized spacial score (nSPS) is 18.0. The Morgan fingerprint density at radius 3 is 2.79 bits per heavy atom. The van der Waals surface area contributed by atoms with E-state index in [0.29, 0.717) is 24.3 Å². The fourth-order valence-corrected chi connectivity index (χ4v) is 2.70. The fourth-order valence-electron chi connectivity index (χ4n) is 2.70. The summed E-state index contributed by atoms with van der Waals surface area (Å²) in [6, 6.07) is 4.83. The Morgan fingerprint density at radius 1 is 1.46 bits per heavy atom. The van der Waals surface area contributed by atoms with Crippen LogP contribution < -0.4 is 5.32 Å². The second-order valence-corrected chi connectivity index (χ2v) is 7.15. The lowest BCUT2D eigenvalue weighted by Crippen LogP contribution is -2.47. The summed E-state index contributed by atoms with van der Waals surface area (Å²) in [4.78, 5) is 13.9. The van der Waals surface area contributed by atoms with Gasteiger partial charge in [-0.2, -0.15) is 5.26 Å². The van der Waals surface area contributed by atoms with Crippen molar-refractivity contribution in [2.45, 2.75) is 52.2 Å². The molecule has 0 radical (unpaired) electrons. The first kappa shape index (κ1) is 18.1. The van der Waals surface area contributed by atoms with Crippen LogP contribution in [-0.4, -0.2) is 35.7 Å². The summed E-state index contributed by atoms with van der Waals surface area (Å²) in [5.41, 5.74) is 0.824. The third kappa shape index (κ3) is 4.60. The summed E-state index contributed by atoms with van der Waals surface area (Å²) >= 11 is 0. The Hall–Kier alpha value is -2.29. The van der Waals surface area contributed by atoms with Crippen LogP contribution in [0.4, 0.5) is 14.9 Å². The maximum absolute atomic E-state index is 13.9. The fraction of sp³-hybridized carbons (Fsp3) is 0.556. The molecule has 24 heavy (non-hydrogen) atoms. The van der Waals surface area contributed by atoms with Crippen molar-refractivity contribution in [2.75, 3.05) is 18.4 Å². The first-order chi connectivity index (χ1) is 11.2. The molecule has 1 fully saturated rings. The quantitative estimate of drug-likeness (QED) is 0.893. The molecule has 1 unspecified atom stereocenters. The maximum atomic E-state index is 13.9. The first-order valence-electron chi connectivity index (χ1n) is 8.14. The molecule has 1 aromatic carbocycles. The lowest BCUT2D eigenvalue weighted by atomic mass is 10.0. The molecule has 1 heterocycles. The number of nitrogens with one attached hydrogen (secondary N) is 1. The number of hydrogen-bond donors (Lipinski definition) is 1. The minimum Gasteiger partial charge on any atom is -0.444 e. The summed E-state index contributed by atoms with van der Waals surface area (Å²) in [5.74, 6) is -0.406. The van der Waals surface area contributed by atoms with Crippen LogP contribution in [0.3, 0.4) is 0 Å². The zero-order chi connectivity index (χ0) is 17.9. The number of benzene rings is 1. The van der Waals surface area contributed by atoms with Gasteiger partial charge in [-0.1, -0.05) is 0 Å². The van der Waals surface area contributed by atoms with E-state index in [0.717, 1.165) is 12.8 Å². The molecule has 1 aliphatic heterocycles. The highest BCUT2D eigenvalue weighted by atomic mass is 19.1. The van der Waals surface area contributed by atoms with E-state index in [4.69, 9.17) is 10.00 Å². The number of nitriles is 1. The van der Waals surface area contributed by atoms with E-state index in [1.807, 2.05) is 26.8 Å². The molecule has 0 aromatic heterocycles. The predicted molar refractivity (Wildman–Crippen MR) is 90.3 cm³/mol. The molecule has 0 saturated carbocycles. The first-order valence-corrected chi connectivity index (χ1v) is 8.14. The van der Waals surface area contributed by atoms with Crippen molar-refractivity contribution in [3.8, 4) is 6.07 Å². The average Bonchev–Trinajstić information content (AvgIpc) is 2.50. The van der Waals surface area contributed by atoms with Crippen LogP contribution in [0.5, 0.6) is 0 Å². The lowest BCUT2D eigenvalue weighted by Gasteiger charge is -2.35. The van der Waals surface area contributed by atoms with E-state index < -0.39 is 11.4 Å². The number of hydrogen-bond acceptors (Lipinski definition) is 4. The number of rotatable bonds is 2. The number of carbonyl (C=O) groups is 1. The van der Waals surface area contributed by atoms with Gasteiger partial charge in [0.2, 0.25) is 0 Å². The summed E-state index contributed by atoms with van der Waals surface area (Å²) < 4.78 is 19.3. The lowest BCUT2D eigenvalue weighted by molar-refractivity contribution is 0.0206. The number of anilines is 1. The maximum Gasteiger partial charge on any atom is 0.410 e. The number of amides is 1. The molecule has 1 amide bonds. The van der Waals surface area contributed by atoms with Crippen molar-refractivity contribution in [1.29, 1.82) is 5.26 Å². The molecule has 1 N–H and O–H groups in total. The van der Waals surface area contributed by atoms with Crippen LogP contribution in [0.15, 0.2) is 12.1 Å². The van der Waals surface area contributed by atoms with Crippen LogP contribution in [0.1, 0.15) is 44.7 Å². The van der Waals surface area contributed by atoms with Crippen LogP contribution in [-0.2, 0) is 4.74 Å². The summed E-state index contributed by atoms with van der Waals surface area (Å²) in [6.45, 7) is 8.33. The van der Waals surface area contributed by atoms with Gasteiger partial charge in [0.25, 0.3) is 0 Å². The van der Waals surface area contributed by atoms with Crippen molar-refractivity contribution >= 4 is 11.8 Å². The van der Waals surface area contributed by atoms with Crippen molar-refractivity contribution in [1.82, 2.24) is 4.90 Å². The van der Waals surface area contributed by atoms with Gasteiger partial charge in [-0.25, -0.2) is 9.18 Å². The number of nitrogens with zero attached hydrogens (tertiary/aromatic N) is 2. The third-order valence-electron chi connectivity index (χ3n) is 3.91. The number of piperidine rings is 1. The molecule has 2 rings (SSSR count). The summed E-state index contributed by atoms with van der Waals surface area (Å²) in [6.07, 6.45) is 1.38. The van der Waals surface area contributed by atoms with Crippen LogP contribution in [0.25, 0.3) is 0 Å². The molecule has 0 bridgehead atoms. The zero-order valence-electron chi connectivity index (χ0n) is 14.6. The van der Waals surface area contributed by atoms with Crippen molar-refractivity contribution in [3.63, 3.8) is 0 Å². The second kappa shape index (κ2) is 7.08. The summed E-state index contributed by atoms with van der Waals surface area (Å²) in [7, 11) is 0. The smallest absolute Gasteiger partial charge is 0.410 e. The Bertz CT molecular complexity index is 661. The molecule has 1 aromatic rings. The highest BCUT2D eigenvalue weighted by Crippen LogP contribution is 2.24. The van der Waals surface area contributed by atoms with Gasteiger partial charge in [0, 0.05) is 30.4 Å². The number of ether oxygens (including phenoxy) is 1. The molecule has 5 nitrogen and oxygen atoms in total. The van der Waals surface area contributed by atoms with Gasteiger partial charge in [0.15, 0.2) is 0 Å². The Kier molecular flexibility index (Phi) is 5.33. The minimum absolute atomic E-state index is 0.00156. The van der Waals surface area contributed by atoms with Crippen LogP contribution >= 0.6 is 0 Å². The Balaban J connectivity index is 2.07. The van der Waals surface area contributed by atoms with Gasteiger partial charge in [0.05, 0.1) is 11.6 Å². The highest BCUT2D eigenvalue weighted by Gasteiger charge is 2.28. The van der Waals surface area contributed by atoms with Crippen LogP contribution in [0.2, 0.25) is 0 Å². The molecule has 1 saturated heterocycles. The molecule has 0 aliphatic carbocycles. The highest BCUT2D eigenvalue weighted by molar-refractivity contribution is 5.68. The topological polar surface area (TPSA) is 65.4 Å². The van der Waals surface area contributed by atoms with Crippen molar-refractivity contribution in [2.24, 2.45) is 0 Å². The largest absolute Gasteiger partial charge is 0.444 e. The third-order valence-corrected chi connectivity index (χ3v) is 3.91. The Morgan fingerprint density at radius 2 is 2.17 bits per heavy atom. The monoisotopic (exact) mass is 333 g/mol. The molecule has 6 heteroatoms. The van der Waals surface area contributed by atoms with Crippen molar-refractivity contribution in [3.05, 3.63) is 29.1 Å². The second-order valence-electron chi connectivity index (χ2n) is 7.15. The van der Waals surface area contributed by atoms with Gasteiger partial charge in [-0.05, 0) is 52.7 Å². The van der Waals surface area contributed by atoms with E-state index in [9.17, 15) is 9.18 Å². The van der Waals surface area contributed by atoms with Gasteiger partial charge in [-0.15, -0.1) is 0 Å². The van der Waals surface area contributed by atoms with Crippen LogP contribution in [0, 0.1) is 24.1 Å². The van der Waals surface area contributed by atoms with Crippen molar-refractivity contribution < 1.29 is 13.9 Å².